The van der Waals surface area contributed by atoms with Gasteiger partial charge in [-0.25, -0.2) is 0 Å². The minimum Gasteiger partial charge on any atom is -0.310 e. The van der Waals surface area contributed by atoms with Crippen molar-refractivity contribution in [3.05, 3.63) is 163 Å². The van der Waals surface area contributed by atoms with Crippen LogP contribution in [0.15, 0.2) is 152 Å². The van der Waals surface area contributed by atoms with Gasteiger partial charge in [-0.05, 0) is 97.4 Å². The number of para-hydroxylation sites is 1. The van der Waals surface area contributed by atoms with Gasteiger partial charge in [-0.3, -0.25) is 0 Å². The van der Waals surface area contributed by atoms with E-state index >= 15 is 0 Å². The molecule has 1 heteroatoms. The predicted molar refractivity (Wildman–Crippen MR) is 179 cm³/mol. The lowest BCUT2D eigenvalue weighted by molar-refractivity contribution is 0.666. The van der Waals surface area contributed by atoms with Gasteiger partial charge in [0, 0.05) is 22.5 Å². The zero-order valence-corrected chi connectivity index (χ0v) is 23.9. The van der Waals surface area contributed by atoms with Gasteiger partial charge in [0.05, 0.1) is 0 Å². The van der Waals surface area contributed by atoms with Gasteiger partial charge in [-0.1, -0.05) is 123 Å². The van der Waals surface area contributed by atoms with Crippen LogP contribution in [0.4, 0.5) is 17.1 Å². The Morgan fingerprint density at radius 3 is 1.83 bits per heavy atom. The molecule has 1 aliphatic rings. The summed E-state index contributed by atoms with van der Waals surface area (Å²) in [6.45, 7) is 4.78. The standard InChI is InChI=1S/C41H31N/c1-41(2)39-26-33(42(31-17-7-4-8-18-31)32-22-21-28-13-9-10-16-30(28)25-32)23-24-35(39)38-27-37(29-14-5-3-6-15-29)34-19-11-12-20-36(34)40(38)41/h3-27H,1-2H3. The molecule has 0 bridgehead atoms. The Bertz CT molecular complexity index is 2110. The van der Waals surface area contributed by atoms with Crippen LogP contribution in [-0.2, 0) is 5.41 Å². The Kier molecular flexibility index (Phi) is 5.55. The summed E-state index contributed by atoms with van der Waals surface area (Å²) in [6.07, 6.45) is 0. The molecule has 0 aromatic heterocycles. The molecule has 7 aromatic carbocycles. The maximum absolute atomic E-state index is 2.43. The fraction of sp³-hybridized carbons (Fsp3) is 0.0732. The first-order valence-electron chi connectivity index (χ1n) is 14.7. The summed E-state index contributed by atoms with van der Waals surface area (Å²) < 4.78 is 0. The minimum atomic E-state index is -0.152. The van der Waals surface area contributed by atoms with Crippen LogP contribution in [0, 0.1) is 0 Å². The van der Waals surface area contributed by atoms with Crippen molar-refractivity contribution in [1.82, 2.24) is 0 Å². The van der Waals surface area contributed by atoms with Crippen LogP contribution in [0.5, 0.6) is 0 Å². The van der Waals surface area contributed by atoms with E-state index in [1.54, 1.807) is 0 Å². The summed E-state index contributed by atoms with van der Waals surface area (Å²) in [4.78, 5) is 2.39. The van der Waals surface area contributed by atoms with Crippen LogP contribution >= 0.6 is 0 Å². The van der Waals surface area contributed by atoms with Crippen molar-refractivity contribution in [1.29, 1.82) is 0 Å². The molecule has 0 aliphatic heterocycles. The molecule has 8 rings (SSSR count). The average Bonchev–Trinajstić information content (AvgIpc) is 3.27. The molecule has 0 heterocycles. The number of anilines is 3. The smallest absolute Gasteiger partial charge is 0.0468 e. The topological polar surface area (TPSA) is 3.24 Å². The highest BCUT2D eigenvalue weighted by Crippen LogP contribution is 2.54. The van der Waals surface area contributed by atoms with Crippen molar-refractivity contribution in [2.75, 3.05) is 4.90 Å². The van der Waals surface area contributed by atoms with E-state index in [2.05, 4.69) is 170 Å². The van der Waals surface area contributed by atoms with Gasteiger partial charge in [-0.15, -0.1) is 0 Å². The van der Waals surface area contributed by atoms with E-state index in [1.807, 2.05) is 0 Å². The van der Waals surface area contributed by atoms with E-state index in [-0.39, 0.29) is 5.41 Å². The molecule has 0 saturated carbocycles. The average molecular weight is 538 g/mol. The van der Waals surface area contributed by atoms with E-state index in [1.165, 1.54) is 60.6 Å². The van der Waals surface area contributed by atoms with Gasteiger partial charge in [0.25, 0.3) is 0 Å². The highest BCUT2D eigenvalue weighted by molar-refractivity contribution is 6.06. The van der Waals surface area contributed by atoms with Gasteiger partial charge < -0.3 is 4.90 Å². The van der Waals surface area contributed by atoms with E-state index in [9.17, 15) is 0 Å². The summed E-state index contributed by atoms with van der Waals surface area (Å²) in [5.74, 6) is 0. The Hall–Kier alpha value is -5.14. The molecule has 7 aromatic rings. The Morgan fingerprint density at radius 2 is 1.05 bits per heavy atom. The molecule has 0 radical (unpaired) electrons. The van der Waals surface area contributed by atoms with Gasteiger partial charge in [-0.2, -0.15) is 0 Å². The first-order valence-corrected chi connectivity index (χ1v) is 14.7. The molecule has 1 aliphatic carbocycles. The molecule has 0 unspecified atom stereocenters. The maximum atomic E-state index is 2.43. The Labute approximate surface area is 247 Å². The first-order chi connectivity index (χ1) is 20.6. The second-order valence-corrected chi connectivity index (χ2v) is 11.8. The van der Waals surface area contributed by atoms with Crippen LogP contribution < -0.4 is 4.90 Å². The van der Waals surface area contributed by atoms with Crippen molar-refractivity contribution in [2.45, 2.75) is 19.3 Å². The highest BCUT2D eigenvalue weighted by Gasteiger charge is 2.38. The van der Waals surface area contributed by atoms with Crippen LogP contribution in [0.1, 0.15) is 25.0 Å². The summed E-state index contributed by atoms with van der Waals surface area (Å²) in [5.41, 5.74) is 11.3. The minimum absolute atomic E-state index is 0.152. The van der Waals surface area contributed by atoms with Crippen molar-refractivity contribution in [2.24, 2.45) is 0 Å². The highest BCUT2D eigenvalue weighted by atomic mass is 15.1. The summed E-state index contributed by atoms with van der Waals surface area (Å²) in [6, 6.07) is 55.3. The summed E-state index contributed by atoms with van der Waals surface area (Å²) in [5, 5.41) is 5.14. The van der Waals surface area contributed by atoms with Gasteiger partial charge in [0.15, 0.2) is 0 Å². The zero-order valence-electron chi connectivity index (χ0n) is 23.9. The predicted octanol–water partition coefficient (Wildman–Crippen LogP) is 11.4. The third-order valence-electron chi connectivity index (χ3n) is 8.98. The molecule has 200 valence electrons. The van der Waals surface area contributed by atoms with Crippen molar-refractivity contribution >= 4 is 38.6 Å². The normalized spacial score (nSPS) is 13.2. The van der Waals surface area contributed by atoms with Crippen molar-refractivity contribution in [3.8, 4) is 22.3 Å². The number of hydrogen-bond acceptors (Lipinski definition) is 1. The number of hydrogen-bond donors (Lipinski definition) is 0. The van der Waals surface area contributed by atoms with E-state index in [4.69, 9.17) is 0 Å². The second kappa shape index (κ2) is 9.46. The SMILES string of the molecule is CC1(C)c2cc(N(c3ccccc3)c3ccc4ccccc4c3)ccc2-c2cc(-c3ccccc3)c3ccccc3c21. The monoisotopic (exact) mass is 537 g/mol. The lowest BCUT2D eigenvalue weighted by Gasteiger charge is -2.28. The largest absolute Gasteiger partial charge is 0.310 e. The molecule has 0 atom stereocenters. The summed E-state index contributed by atoms with van der Waals surface area (Å²) in [7, 11) is 0. The van der Waals surface area contributed by atoms with Gasteiger partial charge >= 0.3 is 0 Å². The Balaban J connectivity index is 1.34. The second-order valence-electron chi connectivity index (χ2n) is 11.8. The van der Waals surface area contributed by atoms with Crippen molar-refractivity contribution < 1.29 is 0 Å². The number of nitrogens with zero attached hydrogens (tertiary/aromatic N) is 1. The zero-order chi connectivity index (χ0) is 28.3. The van der Waals surface area contributed by atoms with Crippen molar-refractivity contribution in [3.63, 3.8) is 0 Å². The number of rotatable bonds is 4. The fourth-order valence-corrected chi connectivity index (χ4v) is 7.02. The quantitative estimate of drug-likeness (QED) is 0.216. The number of benzene rings is 7. The van der Waals surface area contributed by atoms with Crippen LogP contribution in [0.3, 0.4) is 0 Å². The molecule has 1 nitrogen and oxygen atoms in total. The fourth-order valence-electron chi connectivity index (χ4n) is 7.02. The van der Waals surface area contributed by atoms with Crippen LogP contribution in [0.25, 0.3) is 43.8 Å². The number of fused-ring (bicyclic) bond motifs is 6. The van der Waals surface area contributed by atoms with E-state index in [0.717, 1.165) is 11.4 Å². The third-order valence-corrected chi connectivity index (χ3v) is 8.98. The molecular weight excluding hydrogens is 506 g/mol. The molecule has 0 N–H and O–H groups in total. The molecule has 42 heavy (non-hydrogen) atoms. The van der Waals surface area contributed by atoms with Gasteiger partial charge in [0.2, 0.25) is 0 Å². The van der Waals surface area contributed by atoms with Crippen LogP contribution in [0.2, 0.25) is 0 Å². The molecule has 0 amide bonds. The lowest BCUT2D eigenvalue weighted by Crippen LogP contribution is -2.17. The lowest BCUT2D eigenvalue weighted by atomic mass is 9.79. The Morgan fingerprint density at radius 1 is 0.429 bits per heavy atom. The third kappa shape index (κ3) is 3.78. The summed E-state index contributed by atoms with van der Waals surface area (Å²) >= 11 is 0. The molecule has 0 spiro atoms. The molecular formula is C41H31N. The maximum Gasteiger partial charge on any atom is 0.0468 e. The first kappa shape index (κ1) is 24.6. The van der Waals surface area contributed by atoms with E-state index < -0.39 is 0 Å². The molecule has 0 fully saturated rings. The van der Waals surface area contributed by atoms with Gasteiger partial charge in [0.1, 0.15) is 0 Å². The van der Waals surface area contributed by atoms with E-state index in [0.29, 0.717) is 0 Å². The van der Waals surface area contributed by atoms with Crippen LogP contribution in [-0.4, -0.2) is 0 Å². The molecule has 0 saturated heterocycles.